The van der Waals surface area contributed by atoms with Crippen LogP contribution in [0.3, 0.4) is 0 Å². The summed E-state index contributed by atoms with van der Waals surface area (Å²) in [5.74, 6) is -0.339. The highest BCUT2D eigenvalue weighted by atomic mass is 79.9. The molecule has 0 N–H and O–H groups in total. The zero-order chi connectivity index (χ0) is 13.9. The lowest BCUT2D eigenvalue weighted by Gasteiger charge is -2.24. The van der Waals surface area contributed by atoms with Crippen molar-refractivity contribution in [1.82, 2.24) is 4.90 Å². The summed E-state index contributed by atoms with van der Waals surface area (Å²) in [5, 5.41) is 0. The molecular weight excluding hydrogens is 301 g/mol. The Morgan fingerprint density at radius 3 is 2.61 bits per heavy atom. The third kappa shape index (κ3) is 4.64. The number of halogens is 2. The summed E-state index contributed by atoms with van der Waals surface area (Å²) in [6.45, 7) is 5.54. The summed E-state index contributed by atoms with van der Waals surface area (Å²) < 4.78 is 19.5. The van der Waals surface area contributed by atoms with Crippen molar-refractivity contribution in [2.75, 3.05) is 7.05 Å². The van der Waals surface area contributed by atoms with Gasteiger partial charge < -0.3 is 9.64 Å². The molecule has 1 aromatic carbocycles. The molecular formula is C13H17BrFNO2. The highest BCUT2D eigenvalue weighted by molar-refractivity contribution is 9.10. The van der Waals surface area contributed by atoms with Gasteiger partial charge in [-0.2, -0.15) is 0 Å². The fraction of sp³-hybridized carbons (Fsp3) is 0.462. The number of hydrogen-bond donors (Lipinski definition) is 0. The predicted molar refractivity (Wildman–Crippen MR) is 71.8 cm³/mol. The summed E-state index contributed by atoms with van der Waals surface area (Å²) >= 11 is 3.27. The first-order valence-corrected chi connectivity index (χ1v) is 6.36. The van der Waals surface area contributed by atoms with Gasteiger partial charge >= 0.3 is 6.09 Å². The smallest absolute Gasteiger partial charge is 0.410 e. The van der Waals surface area contributed by atoms with E-state index in [-0.39, 0.29) is 12.4 Å². The normalized spacial score (nSPS) is 11.2. The summed E-state index contributed by atoms with van der Waals surface area (Å²) in [7, 11) is 1.58. The van der Waals surface area contributed by atoms with Gasteiger partial charge in [0.1, 0.15) is 11.4 Å². The van der Waals surface area contributed by atoms with Crippen LogP contribution >= 0.6 is 15.9 Å². The Morgan fingerprint density at radius 2 is 2.06 bits per heavy atom. The van der Waals surface area contributed by atoms with Crippen LogP contribution in [0.1, 0.15) is 26.3 Å². The van der Waals surface area contributed by atoms with Crippen molar-refractivity contribution in [2.24, 2.45) is 0 Å². The molecule has 0 fully saturated rings. The van der Waals surface area contributed by atoms with Crippen molar-refractivity contribution in [3.63, 3.8) is 0 Å². The number of rotatable bonds is 2. The number of nitrogens with zero attached hydrogens (tertiary/aromatic N) is 1. The minimum Gasteiger partial charge on any atom is -0.444 e. The number of amides is 1. The van der Waals surface area contributed by atoms with E-state index in [9.17, 15) is 9.18 Å². The number of benzene rings is 1. The van der Waals surface area contributed by atoms with Crippen LogP contribution in [-0.2, 0) is 11.3 Å². The van der Waals surface area contributed by atoms with E-state index in [2.05, 4.69) is 15.9 Å². The van der Waals surface area contributed by atoms with Crippen LogP contribution in [0.25, 0.3) is 0 Å². The van der Waals surface area contributed by atoms with E-state index in [1.165, 1.54) is 11.0 Å². The van der Waals surface area contributed by atoms with Crippen LogP contribution < -0.4 is 0 Å². The molecule has 0 aliphatic rings. The molecule has 0 unspecified atom stereocenters. The third-order valence-corrected chi connectivity index (χ3v) is 2.61. The van der Waals surface area contributed by atoms with E-state index in [0.29, 0.717) is 5.56 Å². The molecule has 0 atom stereocenters. The lowest BCUT2D eigenvalue weighted by Crippen LogP contribution is -2.34. The summed E-state index contributed by atoms with van der Waals surface area (Å²) in [5.41, 5.74) is -0.112. The van der Waals surface area contributed by atoms with Gasteiger partial charge in [-0.3, -0.25) is 0 Å². The van der Waals surface area contributed by atoms with Gasteiger partial charge in [0.25, 0.3) is 0 Å². The quantitative estimate of drug-likeness (QED) is 0.826. The molecule has 1 amide bonds. The number of carbonyl (C=O) groups excluding carboxylic acids is 1. The highest BCUT2D eigenvalue weighted by Crippen LogP contribution is 2.18. The van der Waals surface area contributed by atoms with Crippen molar-refractivity contribution in [3.05, 3.63) is 34.1 Å². The molecule has 1 aromatic rings. The summed E-state index contributed by atoms with van der Waals surface area (Å²) in [6, 6.07) is 4.63. The second-order valence-corrected chi connectivity index (χ2v) is 5.99. The molecule has 5 heteroatoms. The van der Waals surface area contributed by atoms with Gasteiger partial charge in [-0.15, -0.1) is 0 Å². The molecule has 3 nitrogen and oxygen atoms in total. The Bertz CT molecular complexity index is 443. The number of hydrogen-bond acceptors (Lipinski definition) is 2. The molecule has 0 aliphatic heterocycles. The van der Waals surface area contributed by atoms with Crippen LogP contribution in [0.4, 0.5) is 9.18 Å². The summed E-state index contributed by atoms with van der Waals surface area (Å²) in [6.07, 6.45) is -0.470. The minimum absolute atomic E-state index is 0.167. The monoisotopic (exact) mass is 317 g/mol. The standard InChI is InChI=1S/C13H17BrFNO2/c1-13(2,3)18-12(17)16(4)8-9-7-10(14)5-6-11(9)15/h5-7H,8H2,1-4H3. The molecule has 100 valence electrons. The zero-order valence-corrected chi connectivity index (χ0v) is 12.5. The van der Waals surface area contributed by atoms with Crippen molar-refractivity contribution in [3.8, 4) is 0 Å². The van der Waals surface area contributed by atoms with E-state index in [0.717, 1.165) is 4.47 Å². The van der Waals surface area contributed by atoms with E-state index < -0.39 is 11.7 Å². The molecule has 18 heavy (non-hydrogen) atoms. The summed E-state index contributed by atoms with van der Waals surface area (Å²) in [4.78, 5) is 13.1. The lowest BCUT2D eigenvalue weighted by molar-refractivity contribution is 0.0283. The molecule has 0 saturated heterocycles. The van der Waals surface area contributed by atoms with E-state index in [4.69, 9.17) is 4.74 Å². The number of ether oxygens (including phenoxy) is 1. The molecule has 0 bridgehead atoms. The maximum absolute atomic E-state index is 13.5. The van der Waals surface area contributed by atoms with Gasteiger partial charge in [-0.25, -0.2) is 9.18 Å². The lowest BCUT2D eigenvalue weighted by atomic mass is 10.2. The molecule has 0 aromatic heterocycles. The van der Waals surface area contributed by atoms with Gasteiger partial charge in [0, 0.05) is 17.1 Å². The van der Waals surface area contributed by atoms with Crippen LogP contribution in [0.2, 0.25) is 0 Å². The third-order valence-electron chi connectivity index (χ3n) is 2.12. The maximum Gasteiger partial charge on any atom is 0.410 e. The molecule has 0 spiro atoms. The average molecular weight is 318 g/mol. The van der Waals surface area contributed by atoms with E-state index >= 15 is 0 Å². The van der Waals surface area contributed by atoms with Gasteiger partial charge in [0.15, 0.2) is 0 Å². The molecule has 1 rings (SSSR count). The zero-order valence-electron chi connectivity index (χ0n) is 11.0. The van der Waals surface area contributed by atoms with Gasteiger partial charge in [-0.1, -0.05) is 15.9 Å². The molecule has 0 radical (unpaired) electrons. The van der Waals surface area contributed by atoms with Gasteiger partial charge in [0.2, 0.25) is 0 Å². The Balaban J connectivity index is 2.72. The van der Waals surface area contributed by atoms with Crippen molar-refractivity contribution < 1.29 is 13.9 Å². The van der Waals surface area contributed by atoms with Gasteiger partial charge in [0.05, 0.1) is 6.54 Å². The average Bonchev–Trinajstić information content (AvgIpc) is 2.21. The van der Waals surface area contributed by atoms with E-state index in [1.54, 1.807) is 40.0 Å². The highest BCUT2D eigenvalue weighted by Gasteiger charge is 2.20. The van der Waals surface area contributed by atoms with Crippen molar-refractivity contribution >= 4 is 22.0 Å². The van der Waals surface area contributed by atoms with Gasteiger partial charge in [-0.05, 0) is 39.0 Å². The minimum atomic E-state index is -0.554. The fourth-order valence-electron chi connectivity index (χ4n) is 1.32. The predicted octanol–water partition coefficient (Wildman–Crippen LogP) is 3.96. The van der Waals surface area contributed by atoms with Crippen LogP contribution in [-0.4, -0.2) is 23.6 Å². The fourth-order valence-corrected chi connectivity index (χ4v) is 1.73. The first-order chi connectivity index (χ1) is 8.19. The van der Waals surface area contributed by atoms with Crippen molar-refractivity contribution in [1.29, 1.82) is 0 Å². The Labute approximate surface area is 115 Å². The van der Waals surface area contributed by atoms with Crippen molar-refractivity contribution in [2.45, 2.75) is 32.9 Å². The Kier molecular flexibility index (Phi) is 4.73. The number of carbonyl (C=O) groups is 1. The molecule has 0 saturated carbocycles. The van der Waals surface area contributed by atoms with Crippen LogP contribution in [0.15, 0.2) is 22.7 Å². The second-order valence-electron chi connectivity index (χ2n) is 5.07. The topological polar surface area (TPSA) is 29.5 Å². The van der Waals surface area contributed by atoms with Crippen LogP contribution in [0.5, 0.6) is 0 Å². The van der Waals surface area contributed by atoms with Crippen LogP contribution in [0, 0.1) is 5.82 Å². The molecule has 0 heterocycles. The largest absolute Gasteiger partial charge is 0.444 e. The Hall–Kier alpha value is -1.10. The SMILES string of the molecule is CN(Cc1cc(Br)ccc1F)C(=O)OC(C)(C)C. The molecule has 0 aliphatic carbocycles. The van der Waals surface area contributed by atoms with E-state index in [1.807, 2.05) is 0 Å². The first kappa shape index (κ1) is 15.0. The maximum atomic E-state index is 13.5. The first-order valence-electron chi connectivity index (χ1n) is 5.57. The second kappa shape index (κ2) is 5.69. The Morgan fingerprint density at radius 1 is 1.44 bits per heavy atom.